The lowest BCUT2D eigenvalue weighted by Gasteiger charge is -2.13. The molecule has 0 aliphatic rings. The fourth-order valence-electron chi connectivity index (χ4n) is 2.34. The number of anilines is 2. The highest BCUT2D eigenvalue weighted by Gasteiger charge is 2.10. The summed E-state index contributed by atoms with van der Waals surface area (Å²) in [6, 6.07) is 9.90. The van der Waals surface area contributed by atoms with E-state index < -0.39 is 0 Å². The number of aryl methyl sites for hydroxylation is 3. The van der Waals surface area contributed by atoms with Gasteiger partial charge in [0.15, 0.2) is 0 Å². The summed E-state index contributed by atoms with van der Waals surface area (Å²) in [6.45, 7) is 8.02. The number of amides is 1. The monoisotopic (exact) mass is 282 g/mol. The summed E-state index contributed by atoms with van der Waals surface area (Å²) in [5.74, 6) is -0.0185. The molecule has 0 aliphatic carbocycles. The molecule has 0 unspecified atom stereocenters. The molecule has 3 nitrogen and oxygen atoms in total. The Morgan fingerprint density at radius 2 is 1.67 bits per heavy atom. The quantitative estimate of drug-likeness (QED) is 0.844. The molecule has 0 bridgehead atoms. The molecule has 3 N–H and O–H groups in total. The van der Waals surface area contributed by atoms with E-state index in [0.29, 0.717) is 12.1 Å². The molecule has 1 amide bonds. The molecule has 0 aliphatic heterocycles. The van der Waals surface area contributed by atoms with E-state index in [0.717, 1.165) is 22.4 Å². The Kier molecular flexibility index (Phi) is 4.32. The molecular weight excluding hydrogens is 260 g/mol. The molecule has 0 fully saturated rings. The normalized spacial score (nSPS) is 10.5. The van der Waals surface area contributed by atoms with Crippen molar-refractivity contribution in [1.29, 1.82) is 0 Å². The number of hydrogen-bond acceptors (Lipinski definition) is 2. The molecule has 2 aromatic rings. The molecule has 0 radical (unpaired) electrons. The van der Waals surface area contributed by atoms with Gasteiger partial charge in [0.1, 0.15) is 0 Å². The van der Waals surface area contributed by atoms with Crippen LogP contribution in [0.15, 0.2) is 30.3 Å². The maximum atomic E-state index is 12.2. The summed E-state index contributed by atoms with van der Waals surface area (Å²) < 4.78 is 0. The number of nitrogens with two attached hydrogens (primary N) is 1. The van der Waals surface area contributed by atoms with Crippen molar-refractivity contribution in [3.05, 3.63) is 58.1 Å². The molecule has 0 heterocycles. The van der Waals surface area contributed by atoms with Gasteiger partial charge in [-0.2, -0.15) is 0 Å². The Morgan fingerprint density at radius 3 is 2.33 bits per heavy atom. The van der Waals surface area contributed by atoms with E-state index in [4.69, 9.17) is 5.73 Å². The first-order chi connectivity index (χ1) is 9.88. The first kappa shape index (κ1) is 15.1. The van der Waals surface area contributed by atoms with Gasteiger partial charge in [0.05, 0.1) is 6.42 Å². The minimum atomic E-state index is -0.0185. The zero-order chi connectivity index (χ0) is 15.6. The summed E-state index contributed by atoms with van der Waals surface area (Å²) in [5.41, 5.74) is 12.8. The highest BCUT2D eigenvalue weighted by molar-refractivity contribution is 5.94. The molecule has 21 heavy (non-hydrogen) atoms. The first-order valence-electron chi connectivity index (χ1n) is 7.10. The molecule has 110 valence electrons. The highest BCUT2D eigenvalue weighted by atomic mass is 16.1. The van der Waals surface area contributed by atoms with Gasteiger partial charge >= 0.3 is 0 Å². The number of rotatable bonds is 3. The van der Waals surface area contributed by atoms with E-state index in [2.05, 4.69) is 31.3 Å². The second-order valence-electron chi connectivity index (χ2n) is 5.62. The third-order valence-corrected chi connectivity index (χ3v) is 3.92. The van der Waals surface area contributed by atoms with Crippen molar-refractivity contribution in [2.24, 2.45) is 0 Å². The largest absolute Gasteiger partial charge is 0.398 e. The third-order valence-electron chi connectivity index (χ3n) is 3.92. The van der Waals surface area contributed by atoms with E-state index in [1.54, 1.807) is 0 Å². The number of hydrogen-bond donors (Lipinski definition) is 2. The lowest BCUT2D eigenvalue weighted by atomic mass is 10.0. The highest BCUT2D eigenvalue weighted by Crippen LogP contribution is 2.25. The van der Waals surface area contributed by atoms with Crippen LogP contribution in [0.5, 0.6) is 0 Å². The van der Waals surface area contributed by atoms with E-state index in [9.17, 15) is 4.79 Å². The fraction of sp³-hybridized carbons (Fsp3) is 0.278. The van der Waals surface area contributed by atoms with Crippen molar-refractivity contribution in [2.45, 2.75) is 34.1 Å². The topological polar surface area (TPSA) is 55.1 Å². The van der Waals surface area contributed by atoms with Crippen molar-refractivity contribution in [1.82, 2.24) is 0 Å². The Hall–Kier alpha value is -2.29. The van der Waals surface area contributed by atoms with Crippen molar-refractivity contribution >= 4 is 17.3 Å². The van der Waals surface area contributed by atoms with E-state index >= 15 is 0 Å². The van der Waals surface area contributed by atoms with Gasteiger partial charge in [0.2, 0.25) is 5.91 Å². The minimum Gasteiger partial charge on any atom is -0.398 e. The van der Waals surface area contributed by atoms with Crippen LogP contribution in [0.3, 0.4) is 0 Å². The lowest BCUT2D eigenvalue weighted by molar-refractivity contribution is -0.115. The number of benzene rings is 2. The fourth-order valence-corrected chi connectivity index (χ4v) is 2.34. The standard InChI is InChI=1S/C18H22N2O/c1-11-5-7-15(9-13(11)3)10-17(21)20-18-12(2)6-8-16(19)14(18)4/h5-9H,10,19H2,1-4H3,(H,20,21). The summed E-state index contributed by atoms with van der Waals surface area (Å²) in [7, 11) is 0. The molecule has 2 rings (SSSR count). The van der Waals surface area contributed by atoms with Crippen molar-refractivity contribution in [3.63, 3.8) is 0 Å². The molecular formula is C18H22N2O. The van der Waals surface area contributed by atoms with Gasteiger partial charge in [0, 0.05) is 11.4 Å². The third kappa shape index (κ3) is 3.43. The first-order valence-corrected chi connectivity index (χ1v) is 7.10. The zero-order valence-electron chi connectivity index (χ0n) is 13.1. The van der Waals surface area contributed by atoms with Crippen LogP contribution in [0.1, 0.15) is 27.8 Å². The Labute approximate surface area is 126 Å². The maximum Gasteiger partial charge on any atom is 0.228 e. The predicted octanol–water partition coefficient (Wildman–Crippen LogP) is 3.68. The molecule has 0 aromatic heterocycles. The van der Waals surface area contributed by atoms with Crippen LogP contribution < -0.4 is 11.1 Å². The van der Waals surface area contributed by atoms with Crippen LogP contribution in [0, 0.1) is 27.7 Å². The van der Waals surface area contributed by atoms with Gasteiger partial charge < -0.3 is 11.1 Å². The molecule has 0 atom stereocenters. The minimum absolute atomic E-state index is 0.0185. The van der Waals surface area contributed by atoms with Gasteiger partial charge in [-0.3, -0.25) is 4.79 Å². The van der Waals surface area contributed by atoms with Gasteiger partial charge in [-0.1, -0.05) is 24.3 Å². The second kappa shape index (κ2) is 6.00. The summed E-state index contributed by atoms with van der Waals surface area (Å²) in [5, 5.41) is 2.98. The van der Waals surface area contributed by atoms with Crippen LogP contribution in [-0.2, 0) is 11.2 Å². The van der Waals surface area contributed by atoms with Gasteiger partial charge in [-0.15, -0.1) is 0 Å². The van der Waals surface area contributed by atoms with E-state index in [1.807, 2.05) is 32.0 Å². The average Bonchev–Trinajstić information content (AvgIpc) is 2.43. The SMILES string of the molecule is Cc1ccc(CC(=O)Nc2c(C)ccc(N)c2C)cc1C. The predicted molar refractivity (Wildman–Crippen MR) is 88.6 cm³/mol. The Bertz CT molecular complexity index is 690. The number of carbonyl (C=O) groups excluding carboxylic acids is 1. The van der Waals surface area contributed by atoms with E-state index in [1.165, 1.54) is 11.1 Å². The van der Waals surface area contributed by atoms with Crippen LogP contribution in [-0.4, -0.2) is 5.91 Å². The molecule has 3 heteroatoms. The molecule has 0 saturated carbocycles. The van der Waals surface area contributed by atoms with Gasteiger partial charge in [-0.05, 0) is 61.6 Å². The Balaban J connectivity index is 2.15. The lowest BCUT2D eigenvalue weighted by Crippen LogP contribution is -2.16. The molecule has 2 aromatic carbocycles. The van der Waals surface area contributed by atoms with Crippen molar-refractivity contribution in [3.8, 4) is 0 Å². The maximum absolute atomic E-state index is 12.2. The van der Waals surface area contributed by atoms with Crippen molar-refractivity contribution < 1.29 is 4.79 Å². The van der Waals surface area contributed by atoms with Crippen LogP contribution >= 0.6 is 0 Å². The number of nitrogen functional groups attached to an aromatic ring is 1. The Morgan fingerprint density at radius 1 is 1.00 bits per heavy atom. The van der Waals surface area contributed by atoms with Gasteiger partial charge in [0.25, 0.3) is 0 Å². The van der Waals surface area contributed by atoms with Gasteiger partial charge in [-0.25, -0.2) is 0 Å². The van der Waals surface area contributed by atoms with E-state index in [-0.39, 0.29) is 5.91 Å². The summed E-state index contributed by atoms with van der Waals surface area (Å²) in [4.78, 5) is 12.2. The molecule has 0 spiro atoms. The van der Waals surface area contributed by atoms with Crippen LogP contribution in [0.25, 0.3) is 0 Å². The number of carbonyl (C=O) groups is 1. The molecule has 0 saturated heterocycles. The smallest absolute Gasteiger partial charge is 0.228 e. The zero-order valence-corrected chi connectivity index (χ0v) is 13.1. The summed E-state index contributed by atoms with van der Waals surface area (Å²) in [6.07, 6.45) is 0.370. The average molecular weight is 282 g/mol. The van der Waals surface area contributed by atoms with Crippen LogP contribution in [0.4, 0.5) is 11.4 Å². The van der Waals surface area contributed by atoms with Crippen molar-refractivity contribution in [2.75, 3.05) is 11.1 Å². The second-order valence-corrected chi connectivity index (χ2v) is 5.62. The summed E-state index contributed by atoms with van der Waals surface area (Å²) >= 11 is 0. The van der Waals surface area contributed by atoms with Crippen LogP contribution in [0.2, 0.25) is 0 Å². The number of nitrogens with one attached hydrogen (secondary N) is 1.